The minimum Gasteiger partial charge on any atom is -0.444 e. The van der Waals surface area contributed by atoms with E-state index in [0.29, 0.717) is 22.4 Å². The molecule has 2 heterocycles. The van der Waals surface area contributed by atoms with Crippen molar-refractivity contribution in [3.8, 4) is 17.1 Å². The van der Waals surface area contributed by atoms with Crippen molar-refractivity contribution < 1.29 is 22.7 Å². The number of ether oxygens (including phenoxy) is 1. The summed E-state index contributed by atoms with van der Waals surface area (Å²) in [5.74, 6) is 0.190. The Labute approximate surface area is 157 Å². The number of nitrogens with zero attached hydrogens (tertiary/aromatic N) is 2. The predicted octanol–water partition coefficient (Wildman–Crippen LogP) is 4.74. The third kappa shape index (κ3) is 3.52. The molecule has 1 amide bonds. The molecule has 2 aromatic carbocycles. The van der Waals surface area contributed by atoms with Gasteiger partial charge in [0.15, 0.2) is 17.9 Å². The number of anilines is 1. The van der Waals surface area contributed by atoms with Crippen LogP contribution in [0.4, 0.5) is 14.5 Å². The smallest absolute Gasteiger partial charge is 0.387 e. The number of oxazole rings is 1. The Bertz CT molecular complexity index is 1110. The lowest BCUT2D eigenvalue weighted by atomic mass is 10.1. The zero-order chi connectivity index (χ0) is 19.5. The first-order valence-corrected chi connectivity index (χ1v) is 8.24. The molecule has 0 aliphatic heterocycles. The van der Waals surface area contributed by atoms with Gasteiger partial charge in [-0.15, -0.1) is 0 Å². The predicted molar refractivity (Wildman–Crippen MR) is 98.3 cm³/mol. The van der Waals surface area contributed by atoms with E-state index in [9.17, 15) is 13.6 Å². The minimum absolute atomic E-state index is 0.0555. The van der Waals surface area contributed by atoms with Gasteiger partial charge in [-0.25, -0.2) is 4.98 Å². The number of fused-ring (bicyclic) bond motifs is 1. The minimum atomic E-state index is -2.96. The molecule has 1 N–H and O–H groups in total. The second-order valence-electron chi connectivity index (χ2n) is 5.79. The highest BCUT2D eigenvalue weighted by molar-refractivity contribution is 6.09. The maximum Gasteiger partial charge on any atom is 0.387 e. The molecule has 8 heteroatoms. The molecule has 4 rings (SSSR count). The van der Waals surface area contributed by atoms with E-state index in [1.165, 1.54) is 24.7 Å². The summed E-state index contributed by atoms with van der Waals surface area (Å²) < 4.78 is 34.9. The molecule has 0 atom stereocenters. The molecule has 0 radical (unpaired) electrons. The van der Waals surface area contributed by atoms with Crippen LogP contribution < -0.4 is 10.1 Å². The van der Waals surface area contributed by atoms with Crippen LogP contribution in [0.2, 0.25) is 0 Å². The van der Waals surface area contributed by atoms with Crippen molar-refractivity contribution in [3.63, 3.8) is 0 Å². The molecule has 0 spiro atoms. The molecule has 6 nitrogen and oxygen atoms in total. The molecule has 140 valence electrons. The van der Waals surface area contributed by atoms with E-state index in [4.69, 9.17) is 4.42 Å². The number of pyridine rings is 1. The number of carbonyl (C=O) groups is 1. The summed E-state index contributed by atoms with van der Waals surface area (Å²) in [7, 11) is 0. The fraction of sp³-hybridized carbons (Fsp3) is 0.0500. The van der Waals surface area contributed by atoms with Crippen molar-refractivity contribution >= 4 is 22.5 Å². The summed E-state index contributed by atoms with van der Waals surface area (Å²) in [6, 6.07) is 13.0. The van der Waals surface area contributed by atoms with Crippen LogP contribution in [0, 0.1) is 0 Å². The zero-order valence-corrected chi connectivity index (χ0v) is 14.3. The van der Waals surface area contributed by atoms with Crippen LogP contribution in [0.15, 0.2) is 71.7 Å². The van der Waals surface area contributed by atoms with Crippen LogP contribution >= 0.6 is 0 Å². The van der Waals surface area contributed by atoms with Gasteiger partial charge in [-0.1, -0.05) is 12.1 Å². The van der Waals surface area contributed by atoms with Crippen molar-refractivity contribution in [3.05, 3.63) is 72.9 Å². The molecule has 28 heavy (non-hydrogen) atoms. The standard InChI is InChI=1S/C20H13F2N3O3/c21-20(22)28-16-8-7-15(14-2-1-9-24-18(14)16)25-19(26)13-5-3-12(4-6-13)17-10-23-11-27-17/h1-11,20H,(H,25,26). The van der Waals surface area contributed by atoms with Crippen molar-refractivity contribution in [2.75, 3.05) is 5.32 Å². The van der Waals surface area contributed by atoms with Crippen LogP contribution in [0.25, 0.3) is 22.2 Å². The molecule has 4 aromatic rings. The fourth-order valence-corrected chi connectivity index (χ4v) is 2.79. The number of rotatable bonds is 5. The summed E-state index contributed by atoms with van der Waals surface area (Å²) in [5, 5.41) is 3.27. The first kappa shape index (κ1) is 17.6. The molecule has 0 aliphatic carbocycles. The Hall–Kier alpha value is -3.81. The van der Waals surface area contributed by atoms with Crippen molar-refractivity contribution in [1.29, 1.82) is 0 Å². The van der Waals surface area contributed by atoms with Crippen LogP contribution in [-0.4, -0.2) is 22.5 Å². The number of hydrogen-bond donors (Lipinski definition) is 1. The molecule has 2 aromatic heterocycles. The third-order valence-electron chi connectivity index (χ3n) is 4.06. The van der Waals surface area contributed by atoms with E-state index in [1.807, 2.05) is 0 Å². The average Bonchev–Trinajstić information content (AvgIpc) is 3.24. The van der Waals surface area contributed by atoms with Crippen molar-refractivity contribution in [2.45, 2.75) is 6.61 Å². The third-order valence-corrected chi connectivity index (χ3v) is 4.06. The van der Waals surface area contributed by atoms with Gasteiger partial charge in [0, 0.05) is 22.7 Å². The molecule has 0 aliphatic rings. The molecule has 0 saturated carbocycles. The number of nitrogens with one attached hydrogen (secondary N) is 1. The number of hydrogen-bond acceptors (Lipinski definition) is 5. The van der Waals surface area contributed by atoms with Crippen LogP contribution in [0.3, 0.4) is 0 Å². The Morgan fingerprint density at radius 3 is 2.64 bits per heavy atom. The number of halogens is 2. The van der Waals surface area contributed by atoms with Gasteiger partial charge in [-0.2, -0.15) is 8.78 Å². The van der Waals surface area contributed by atoms with Gasteiger partial charge in [0.2, 0.25) is 0 Å². The van der Waals surface area contributed by atoms with Crippen molar-refractivity contribution in [2.24, 2.45) is 0 Å². The van der Waals surface area contributed by atoms with Crippen LogP contribution in [0.5, 0.6) is 5.75 Å². The number of benzene rings is 2. The number of amides is 1. The highest BCUT2D eigenvalue weighted by atomic mass is 19.3. The fourth-order valence-electron chi connectivity index (χ4n) is 2.79. The summed E-state index contributed by atoms with van der Waals surface area (Å²) in [4.78, 5) is 20.5. The number of aromatic nitrogens is 2. The van der Waals surface area contributed by atoms with Gasteiger partial charge >= 0.3 is 6.61 Å². The van der Waals surface area contributed by atoms with Gasteiger partial charge in [0.25, 0.3) is 5.91 Å². The van der Waals surface area contributed by atoms with E-state index in [2.05, 4.69) is 20.0 Å². The summed E-state index contributed by atoms with van der Waals surface area (Å²) in [6.07, 6.45) is 4.38. The Morgan fingerprint density at radius 2 is 1.93 bits per heavy atom. The number of alkyl halides is 2. The van der Waals surface area contributed by atoms with E-state index in [-0.39, 0.29) is 17.2 Å². The van der Waals surface area contributed by atoms with E-state index in [1.54, 1.807) is 42.6 Å². The lowest BCUT2D eigenvalue weighted by molar-refractivity contribution is -0.0489. The average molecular weight is 381 g/mol. The Morgan fingerprint density at radius 1 is 1.11 bits per heavy atom. The van der Waals surface area contributed by atoms with Crippen LogP contribution in [-0.2, 0) is 0 Å². The van der Waals surface area contributed by atoms with Gasteiger partial charge in [-0.3, -0.25) is 9.78 Å². The summed E-state index contributed by atoms with van der Waals surface area (Å²) in [6.45, 7) is -2.96. The van der Waals surface area contributed by atoms with E-state index >= 15 is 0 Å². The first-order chi connectivity index (χ1) is 13.6. The quantitative estimate of drug-likeness (QED) is 0.540. The molecular weight excluding hydrogens is 368 g/mol. The maximum absolute atomic E-state index is 12.6. The number of carbonyl (C=O) groups excluding carboxylic acids is 1. The Balaban J connectivity index is 1.60. The summed E-state index contributed by atoms with van der Waals surface area (Å²) >= 11 is 0. The molecule has 0 saturated heterocycles. The topological polar surface area (TPSA) is 77.2 Å². The maximum atomic E-state index is 12.6. The highest BCUT2D eigenvalue weighted by Crippen LogP contribution is 2.31. The van der Waals surface area contributed by atoms with Crippen molar-refractivity contribution in [1.82, 2.24) is 9.97 Å². The van der Waals surface area contributed by atoms with Gasteiger partial charge in [0.05, 0.1) is 11.9 Å². The first-order valence-electron chi connectivity index (χ1n) is 8.24. The summed E-state index contributed by atoms with van der Waals surface area (Å²) in [5.41, 5.74) is 1.89. The van der Waals surface area contributed by atoms with Gasteiger partial charge < -0.3 is 14.5 Å². The van der Waals surface area contributed by atoms with Gasteiger partial charge in [-0.05, 0) is 36.4 Å². The van der Waals surface area contributed by atoms with Gasteiger partial charge in [0.1, 0.15) is 5.52 Å². The van der Waals surface area contributed by atoms with Crippen LogP contribution in [0.1, 0.15) is 10.4 Å². The largest absolute Gasteiger partial charge is 0.444 e. The second-order valence-corrected chi connectivity index (χ2v) is 5.79. The molecule has 0 bridgehead atoms. The lowest BCUT2D eigenvalue weighted by Gasteiger charge is -2.12. The molecular formula is C20H13F2N3O3. The van der Waals surface area contributed by atoms with E-state index in [0.717, 1.165) is 5.56 Å². The molecule has 0 fully saturated rings. The Kier molecular flexibility index (Phi) is 4.67. The monoisotopic (exact) mass is 381 g/mol. The normalized spacial score (nSPS) is 11.0. The zero-order valence-electron chi connectivity index (χ0n) is 14.3. The SMILES string of the molecule is O=C(Nc1ccc(OC(F)F)c2ncccc12)c1ccc(-c2cnco2)cc1. The highest BCUT2D eigenvalue weighted by Gasteiger charge is 2.14. The lowest BCUT2D eigenvalue weighted by Crippen LogP contribution is -2.12. The van der Waals surface area contributed by atoms with E-state index < -0.39 is 6.61 Å². The second kappa shape index (κ2) is 7.43. The molecule has 0 unspecified atom stereocenters.